The molecule has 4 heteroatoms. The summed E-state index contributed by atoms with van der Waals surface area (Å²) in [4.78, 5) is 7.36. The SMILES string of the molecule is c1ccc(-c2nc3cccc(N(c4ccc5c(c4)c4ccc6ccccc6c4n5-c4ccc5c6ccccc6c6ccccc6c5c4)c4ccccc4-c4ccccc4)c3o2)cc1. The highest BCUT2D eigenvalue weighted by Gasteiger charge is 2.24. The number of para-hydroxylation sites is 2. The first kappa shape index (κ1) is 35.3. The molecule has 0 aliphatic carbocycles. The predicted octanol–water partition coefficient (Wildman–Crippen LogP) is 16.3. The molecule has 13 rings (SSSR count). The van der Waals surface area contributed by atoms with Crippen molar-refractivity contribution in [3.8, 4) is 28.3 Å². The minimum Gasteiger partial charge on any atom is -0.434 e. The minimum atomic E-state index is 0.593. The third kappa shape index (κ3) is 5.52. The molecule has 2 aromatic heterocycles. The summed E-state index contributed by atoms with van der Waals surface area (Å²) < 4.78 is 9.24. The van der Waals surface area contributed by atoms with Gasteiger partial charge in [0, 0.05) is 38.7 Å². The van der Waals surface area contributed by atoms with E-state index in [1.54, 1.807) is 0 Å². The summed E-state index contributed by atoms with van der Waals surface area (Å²) >= 11 is 0. The number of fused-ring (bicyclic) bond motifs is 12. The van der Waals surface area contributed by atoms with E-state index in [0.29, 0.717) is 5.89 Å². The summed E-state index contributed by atoms with van der Waals surface area (Å²) in [6.45, 7) is 0. The summed E-state index contributed by atoms with van der Waals surface area (Å²) in [6, 6.07) is 80.5. The summed E-state index contributed by atoms with van der Waals surface area (Å²) in [5, 5.41) is 12.3. The van der Waals surface area contributed by atoms with Crippen molar-refractivity contribution in [3.63, 3.8) is 0 Å². The third-order valence-electron chi connectivity index (χ3n) is 12.8. The summed E-state index contributed by atoms with van der Waals surface area (Å²) in [6.07, 6.45) is 0. The van der Waals surface area contributed by atoms with E-state index < -0.39 is 0 Å². The fraction of sp³-hybridized carbons (Fsp3) is 0. The molecule has 0 saturated carbocycles. The van der Waals surface area contributed by atoms with Gasteiger partial charge in [0.05, 0.1) is 22.4 Å². The Balaban J connectivity index is 1.10. The maximum absolute atomic E-state index is 6.76. The van der Waals surface area contributed by atoms with E-state index >= 15 is 0 Å². The predicted molar refractivity (Wildman–Crippen MR) is 264 cm³/mol. The maximum atomic E-state index is 6.76. The Hall–Kier alpha value is -8.47. The van der Waals surface area contributed by atoms with Crippen LogP contribution in [0.4, 0.5) is 17.1 Å². The van der Waals surface area contributed by atoms with Gasteiger partial charge in [-0.25, -0.2) is 4.98 Å². The molecule has 13 aromatic rings. The number of nitrogens with zero attached hydrogens (tertiary/aromatic N) is 3. The quantitative estimate of drug-likeness (QED) is 0.157. The van der Waals surface area contributed by atoms with E-state index in [0.717, 1.165) is 61.4 Å². The first-order chi connectivity index (χ1) is 31.3. The zero-order chi connectivity index (χ0) is 41.4. The molecule has 0 spiro atoms. The van der Waals surface area contributed by atoms with E-state index in [2.05, 4.69) is 198 Å². The average Bonchev–Trinajstić information content (AvgIpc) is 3.95. The minimum absolute atomic E-state index is 0.593. The van der Waals surface area contributed by atoms with Crippen molar-refractivity contribution in [1.29, 1.82) is 0 Å². The molecule has 0 aliphatic heterocycles. The first-order valence-corrected chi connectivity index (χ1v) is 21.5. The summed E-state index contributed by atoms with van der Waals surface area (Å²) in [7, 11) is 0. The Morgan fingerprint density at radius 3 is 1.76 bits per heavy atom. The van der Waals surface area contributed by atoms with Gasteiger partial charge < -0.3 is 13.9 Å². The van der Waals surface area contributed by atoms with Gasteiger partial charge in [0.15, 0.2) is 5.58 Å². The second-order valence-corrected chi connectivity index (χ2v) is 16.3. The molecule has 11 aromatic carbocycles. The van der Waals surface area contributed by atoms with Crippen LogP contribution in [0.2, 0.25) is 0 Å². The second kappa shape index (κ2) is 14.1. The highest BCUT2D eigenvalue weighted by Crippen LogP contribution is 2.47. The molecule has 2 heterocycles. The maximum Gasteiger partial charge on any atom is 0.227 e. The van der Waals surface area contributed by atoms with Gasteiger partial charge >= 0.3 is 0 Å². The van der Waals surface area contributed by atoms with E-state index in [-0.39, 0.29) is 0 Å². The number of benzene rings is 11. The van der Waals surface area contributed by atoms with Crippen LogP contribution >= 0.6 is 0 Å². The second-order valence-electron chi connectivity index (χ2n) is 16.3. The molecular weight excluding hydrogens is 767 g/mol. The number of rotatable bonds is 6. The van der Waals surface area contributed by atoms with Gasteiger partial charge in [-0.05, 0) is 104 Å². The lowest BCUT2D eigenvalue weighted by atomic mass is 9.94. The van der Waals surface area contributed by atoms with Gasteiger partial charge in [-0.15, -0.1) is 0 Å². The van der Waals surface area contributed by atoms with Crippen LogP contribution in [0.15, 0.2) is 229 Å². The molecule has 0 radical (unpaired) electrons. The van der Waals surface area contributed by atoms with Crippen molar-refractivity contribution in [2.45, 2.75) is 0 Å². The van der Waals surface area contributed by atoms with Crippen molar-refractivity contribution in [3.05, 3.63) is 224 Å². The Labute approximate surface area is 363 Å². The highest BCUT2D eigenvalue weighted by molar-refractivity contribution is 6.26. The van der Waals surface area contributed by atoms with Gasteiger partial charge in [0.1, 0.15) is 5.52 Å². The first-order valence-electron chi connectivity index (χ1n) is 21.5. The van der Waals surface area contributed by atoms with Crippen LogP contribution in [0.1, 0.15) is 0 Å². The molecule has 0 N–H and O–H groups in total. The fourth-order valence-corrected chi connectivity index (χ4v) is 9.96. The van der Waals surface area contributed by atoms with Gasteiger partial charge in [-0.3, -0.25) is 0 Å². The van der Waals surface area contributed by atoms with Crippen LogP contribution in [-0.2, 0) is 0 Å². The fourth-order valence-electron chi connectivity index (χ4n) is 9.96. The van der Waals surface area contributed by atoms with Crippen molar-refractivity contribution in [1.82, 2.24) is 9.55 Å². The monoisotopic (exact) mass is 803 g/mol. The molecule has 4 nitrogen and oxygen atoms in total. The lowest BCUT2D eigenvalue weighted by Gasteiger charge is -2.28. The zero-order valence-electron chi connectivity index (χ0n) is 34.1. The average molecular weight is 804 g/mol. The van der Waals surface area contributed by atoms with Crippen LogP contribution in [0.25, 0.3) is 104 Å². The highest BCUT2D eigenvalue weighted by atomic mass is 16.3. The smallest absolute Gasteiger partial charge is 0.227 e. The normalized spacial score (nSPS) is 11.8. The number of aromatic nitrogens is 2. The molecule has 0 unspecified atom stereocenters. The van der Waals surface area contributed by atoms with Crippen LogP contribution in [-0.4, -0.2) is 9.55 Å². The van der Waals surface area contributed by atoms with E-state index in [1.807, 2.05) is 36.4 Å². The van der Waals surface area contributed by atoms with E-state index in [4.69, 9.17) is 9.40 Å². The third-order valence-corrected chi connectivity index (χ3v) is 12.8. The molecule has 0 fully saturated rings. The molecule has 294 valence electrons. The number of hydrogen-bond acceptors (Lipinski definition) is 3. The largest absolute Gasteiger partial charge is 0.434 e. The van der Waals surface area contributed by atoms with Crippen LogP contribution < -0.4 is 4.90 Å². The van der Waals surface area contributed by atoms with Gasteiger partial charge in [0.2, 0.25) is 5.89 Å². The lowest BCUT2D eigenvalue weighted by Crippen LogP contribution is -2.11. The van der Waals surface area contributed by atoms with Gasteiger partial charge in [0.25, 0.3) is 0 Å². The Morgan fingerprint density at radius 1 is 0.397 bits per heavy atom. The molecule has 0 aliphatic rings. The van der Waals surface area contributed by atoms with Crippen LogP contribution in [0.5, 0.6) is 0 Å². The van der Waals surface area contributed by atoms with Gasteiger partial charge in [-0.2, -0.15) is 0 Å². The van der Waals surface area contributed by atoms with Crippen molar-refractivity contribution in [2.75, 3.05) is 4.90 Å². The summed E-state index contributed by atoms with van der Waals surface area (Å²) in [5.41, 5.74) is 11.1. The lowest BCUT2D eigenvalue weighted by molar-refractivity contribution is 0.620. The molecule has 0 bridgehead atoms. The summed E-state index contributed by atoms with van der Waals surface area (Å²) in [5.74, 6) is 0.593. The van der Waals surface area contributed by atoms with Crippen LogP contribution in [0, 0.1) is 0 Å². The van der Waals surface area contributed by atoms with Crippen molar-refractivity contribution < 1.29 is 4.42 Å². The van der Waals surface area contributed by atoms with Gasteiger partial charge in [-0.1, -0.05) is 164 Å². The number of hydrogen-bond donors (Lipinski definition) is 0. The molecule has 0 atom stereocenters. The molecule has 63 heavy (non-hydrogen) atoms. The zero-order valence-corrected chi connectivity index (χ0v) is 34.1. The number of oxazole rings is 1. The van der Waals surface area contributed by atoms with Crippen LogP contribution in [0.3, 0.4) is 0 Å². The number of anilines is 3. The molecule has 0 saturated heterocycles. The van der Waals surface area contributed by atoms with Crippen molar-refractivity contribution in [2.24, 2.45) is 0 Å². The molecule has 0 amide bonds. The molecular formula is C59H37N3O. The topological polar surface area (TPSA) is 34.2 Å². The standard InChI is InChI=1S/C59H37N3O/c1-3-16-38(17-4-1)43-21-13-14-28-54(43)61(56-29-15-27-53-58(56)63-59(60-53)40-19-5-2-6-20-40)41-32-35-55-52(37-41)50-33-30-39-18-7-8-22-44(39)57(50)62(55)42-31-34-49-47-25-10-9-23-45(47)46-24-11-12-26-48(46)51(49)36-42/h1-37H. The van der Waals surface area contributed by atoms with Crippen molar-refractivity contribution >= 4 is 93.1 Å². The Morgan fingerprint density at radius 2 is 1.00 bits per heavy atom. The van der Waals surface area contributed by atoms with E-state index in [9.17, 15) is 0 Å². The Kier molecular flexibility index (Phi) is 7.87. The van der Waals surface area contributed by atoms with E-state index in [1.165, 1.54) is 54.0 Å². The Bertz CT molecular complexity index is 3890.